The Bertz CT molecular complexity index is 380. The van der Waals surface area contributed by atoms with Crippen LogP contribution in [0.15, 0.2) is 36.1 Å². The zero-order valence-electron chi connectivity index (χ0n) is 10.7. The fourth-order valence-electron chi connectivity index (χ4n) is 2.22. The molecule has 2 rings (SSSR count). The number of aryl methyl sites for hydroxylation is 1. The first-order valence-corrected chi connectivity index (χ1v) is 6.33. The van der Waals surface area contributed by atoms with Gasteiger partial charge in [-0.1, -0.05) is 29.8 Å². The van der Waals surface area contributed by atoms with Crippen molar-refractivity contribution in [2.75, 3.05) is 13.7 Å². The minimum absolute atomic E-state index is 0.401. The topological polar surface area (TPSA) is 21.3 Å². The number of nitrogens with one attached hydrogen (secondary N) is 1. The molecule has 2 nitrogen and oxygen atoms in total. The van der Waals surface area contributed by atoms with Crippen LogP contribution in [0.5, 0.6) is 0 Å². The monoisotopic (exact) mass is 231 g/mol. The quantitative estimate of drug-likeness (QED) is 0.860. The number of hydrogen-bond acceptors (Lipinski definition) is 2. The number of rotatable bonds is 4. The summed E-state index contributed by atoms with van der Waals surface area (Å²) in [6.45, 7) is 2.99. The molecule has 1 aliphatic heterocycles. The smallest absolute Gasteiger partial charge is 0.0876 e. The van der Waals surface area contributed by atoms with E-state index in [1.165, 1.54) is 16.7 Å². The van der Waals surface area contributed by atoms with E-state index in [4.69, 9.17) is 4.74 Å². The lowest BCUT2D eigenvalue weighted by Crippen LogP contribution is -2.31. The zero-order chi connectivity index (χ0) is 12.1. The molecule has 0 aromatic heterocycles. The van der Waals surface area contributed by atoms with Gasteiger partial charge in [-0.25, -0.2) is 0 Å². The molecule has 0 fully saturated rings. The van der Waals surface area contributed by atoms with E-state index in [9.17, 15) is 0 Å². The molecule has 1 aromatic carbocycles. The highest BCUT2D eigenvalue weighted by molar-refractivity contribution is 5.24. The van der Waals surface area contributed by atoms with Crippen LogP contribution in [-0.4, -0.2) is 19.7 Å². The third kappa shape index (κ3) is 3.34. The van der Waals surface area contributed by atoms with Crippen LogP contribution in [-0.2, 0) is 11.2 Å². The molecule has 0 aliphatic carbocycles. The Morgan fingerprint density at radius 1 is 1.29 bits per heavy atom. The number of likely N-dealkylation sites (N-methyl/N-ethyl adjacent to an activating group) is 1. The van der Waals surface area contributed by atoms with E-state index >= 15 is 0 Å². The maximum atomic E-state index is 5.42. The lowest BCUT2D eigenvalue weighted by molar-refractivity contribution is 0.219. The molecule has 2 heteroatoms. The van der Waals surface area contributed by atoms with Crippen LogP contribution in [0, 0.1) is 6.92 Å². The Hall–Kier alpha value is -1.28. The lowest BCUT2D eigenvalue weighted by atomic mass is 9.95. The molecule has 17 heavy (non-hydrogen) atoms. The second-order valence-corrected chi connectivity index (χ2v) is 4.70. The van der Waals surface area contributed by atoms with Crippen molar-refractivity contribution in [3.63, 3.8) is 0 Å². The third-order valence-corrected chi connectivity index (χ3v) is 3.32. The average molecular weight is 231 g/mol. The zero-order valence-corrected chi connectivity index (χ0v) is 10.7. The van der Waals surface area contributed by atoms with Crippen LogP contribution in [0.4, 0.5) is 0 Å². The van der Waals surface area contributed by atoms with Gasteiger partial charge in [-0.3, -0.25) is 0 Å². The van der Waals surface area contributed by atoms with Gasteiger partial charge < -0.3 is 10.1 Å². The largest absolute Gasteiger partial charge is 0.501 e. The minimum Gasteiger partial charge on any atom is -0.501 e. The molecule has 0 bridgehead atoms. The molecular formula is C15H21NO. The maximum Gasteiger partial charge on any atom is 0.0876 e. The molecule has 1 N–H and O–H groups in total. The Balaban J connectivity index is 2.04. The summed E-state index contributed by atoms with van der Waals surface area (Å²) in [5, 5.41) is 3.39. The van der Waals surface area contributed by atoms with Gasteiger partial charge >= 0.3 is 0 Å². The molecule has 1 aliphatic rings. The number of hydrogen-bond donors (Lipinski definition) is 1. The van der Waals surface area contributed by atoms with E-state index in [0.29, 0.717) is 6.04 Å². The third-order valence-electron chi connectivity index (χ3n) is 3.32. The van der Waals surface area contributed by atoms with Gasteiger partial charge in [-0.15, -0.1) is 0 Å². The van der Waals surface area contributed by atoms with Crippen molar-refractivity contribution >= 4 is 0 Å². The van der Waals surface area contributed by atoms with Crippen molar-refractivity contribution in [3.8, 4) is 0 Å². The summed E-state index contributed by atoms with van der Waals surface area (Å²) in [6, 6.07) is 9.17. The normalized spacial score (nSPS) is 17.2. The molecule has 0 saturated heterocycles. The second kappa shape index (κ2) is 5.87. The van der Waals surface area contributed by atoms with E-state index in [2.05, 4.69) is 36.5 Å². The highest BCUT2D eigenvalue weighted by Gasteiger charge is 2.15. The van der Waals surface area contributed by atoms with Gasteiger partial charge in [0.05, 0.1) is 12.9 Å². The molecule has 92 valence electrons. The molecule has 0 amide bonds. The summed E-state index contributed by atoms with van der Waals surface area (Å²) in [5.41, 5.74) is 4.08. The van der Waals surface area contributed by atoms with Gasteiger partial charge in [-0.2, -0.15) is 0 Å². The van der Waals surface area contributed by atoms with Crippen LogP contribution in [0.3, 0.4) is 0 Å². The summed E-state index contributed by atoms with van der Waals surface area (Å²) in [5.74, 6) is 0. The first kappa shape index (κ1) is 12.2. The maximum absolute atomic E-state index is 5.42. The predicted molar refractivity (Wildman–Crippen MR) is 71.0 cm³/mol. The molecule has 0 spiro atoms. The van der Waals surface area contributed by atoms with Gasteiger partial charge in [0.25, 0.3) is 0 Å². The Kier molecular flexibility index (Phi) is 4.21. The predicted octanol–water partition coefficient (Wildman–Crippen LogP) is 2.82. The number of benzene rings is 1. The van der Waals surface area contributed by atoms with Crippen LogP contribution in [0.25, 0.3) is 0 Å². The van der Waals surface area contributed by atoms with Crippen LogP contribution in [0.2, 0.25) is 0 Å². The van der Waals surface area contributed by atoms with Crippen molar-refractivity contribution in [1.29, 1.82) is 0 Å². The average Bonchev–Trinajstić information content (AvgIpc) is 2.39. The fourth-order valence-corrected chi connectivity index (χ4v) is 2.22. The highest BCUT2D eigenvalue weighted by Crippen LogP contribution is 2.18. The first-order valence-electron chi connectivity index (χ1n) is 6.33. The SMILES string of the molecule is CNC(Cc1ccc(C)cc1)C1=COCCC1. The van der Waals surface area contributed by atoms with E-state index < -0.39 is 0 Å². The Labute approximate surface area is 104 Å². The van der Waals surface area contributed by atoms with E-state index in [0.717, 1.165) is 25.9 Å². The van der Waals surface area contributed by atoms with Crippen molar-refractivity contribution in [3.05, 3.63) is 47.2 Å². The Morgan fingerprint density at radius 2 is 2.06 bits per heavy atom. The summed E-state index contributed by atoms with van der Waals surface area (Å²) in [6.07, 6.45) is 5.26. The molecular weight excluding hydrogens is 210 g/mol. The standard InChI is InChI=1S/C15H21NO/c1-12-5-7-13(8-6-12)10-15(16-2)14-4-3-9-17-11-14/h5-8,11,15-16H,3-4,9-10H2,1-2H3. The van der Waals surface area contributed by atoms with Gasteiger partial charge in [0, 0.05) is 6.04 Å². The fraction of sp³-hybridized carbons (Fsp3) is 0.467. The van der Waals surface area contributed by atoms with Crippen LogP contribution in [0.1, 0.15) is 24.0 Å². The van der Waals surface area contributed by atoms with Gasteiger partial charge in [0.15, 0.2) is 0 Å². The van der Waals surface area contributed by atoms with Crippen molar-refractivity contribution < 1.29 is 4.74 Å². The van der Waals surface area contributed by atoms with Gasteiger partial charge in [0.2, 0.25) is 0 Å². The minimum atomic E-state index is 0.401. The molecule has 0 radical (unpaired) electrons. The van der Waals surface area contributed by atoms with Crippen LogP contribution >= 0.6 is 0 Å². The summed E-state index contributed by atoms with van der Waals surface area (Å²) < 4.78 is 5.42. The molecule has 1 unspecified atom stereocenters. The van der Waals surface area contributed by atoms with Crippen molar-refractivity contribution in [2.24, 2.45) is 0 Å². The molecule has 1 atom stereocenters. The van der Waals surface area contributed by atoms with Gasteiger partial charge in [-0.05, 0) is 44.4 Å². The highest BCUT2D eigenvalue weighted by atomic mass is 16.5. The summed E-state index contributed by atoms with van der Waals surface area (Å²) >= 11 is 0. The van der Waals surface area contributed by atoms with Crippen molar-refractivity contribution in [1.82, 2.24) is 5.32 Å². The first-order chi connectivity index (χ1) is 8.29. The number of ether oxygens (including phenoxy) is 1. The summed E-state index contributed by atoms with van der Waals surface area (Å²) in [4.78, 5) is 0. The molecule has 1 aromatic rings. The van der Waals surface area contributed by atoms with Gasteiger partial charge in [0.1, 0.15) is 0 Å². The van der Waals surface area contributed by atoms with Crippen LogP contribution < -0.4 is 5.32 Å². The van der Waals surface area contributed by atoms with E-state index in [1.807, 2.05) is 13.3 Å². The lowest BCUT2D eigenvalue weighted by Gasteiger charge is -2.23. The molecule has 1 heterocycles. The van der Waals surface area contributed by atoms with Crippen molar-refractivity contribution in [2.45, 2.75) is 32.2 Å². The van der Waals surface area contributed by atoms with E-state index in [-0.39, 0.29) is 0 Å². The second-order valence-electron chi connectivity index (χ2n) is 4.70. The summed E-state index contributed by atoms with van der Waals surface area (Å²) in [7, 11) is 2.02. The molecule has 0 saturated carbocycles. The Morgan fingerprint density at radius 3 is 2.65 bits per heavy atom. The van der Waals surface area contributed by atoms with E-state index in [1.54, 1.807) is 0 Å².